The molecule has 0 spiro atoms. The zero-order valence-corrected chi connectivity index (χ0v) is 12.8. The van der Waals surface area contributed by atoms with Gasteiger partial charge in [0.25, 0.3) is 0 Å². The zero-order chi connectivity index (χ0) is 13.8. The Hall–Kier alpha value is -0.570. The van der Waals surface area contributed by atoms with Crippen LogP contribution in [0.2, 0.25) is 0 Å². The van der Waals surface area contributed by atoms with E-state index in [-0.39, 0.29) is 0 Å². The Balaban J connectivity index is 2.54. The van der Waals surface area contributed by atoms with Gasteiger partial charge in [-0.05, 0) is 37.6 Å². The molecule has 0 aromatic carbocycles. The van der Waals surface area contributed by atoms with E-state index in [1.165, 1.54) is 0 Å². The van der Waals surface area contributed by atoms with Crippen LogP contribution in [0.5, 0.6) is 0 Å². The van der Waals surface area contributed by atoms with Crippen molar-refractivity contribution in [3.8, 4) is 0 Å². The highest BCUT2D eigenvalue weighted by atomic mass is 16.2. The molecule has 1 heterocycles. The lowest BCUT2D eigenvalue weighted by atomic mass is 9.77. The normalized spacial score (nSPS) is 23.9. The molecule has 1 N–H and O–H groups in total. The second-order valence-corrected chi connectivity index (χ2v) is 6.69. The summed E-state index contributed by atoms with van der Waals surface area (Å²) in [6, 6.07) is 0.394. The molecule has 0 aromatic rings. The molecule has 0 aliphatic carbocycles. The van der Waals surface area contributed by atoms with Gasteiger partial charge >= 0.3 is 0 Å². The number of hydrogen-bond donors (Lipinski definition) is 1. The van der Waals surface area contributed by atoms with E-state index in [4.69, 9.17) is 0 Å². The monoisotopic (exact) mass is 254 g/mol. The summed E-state index contributed by atoms with van der Waals surface area (Å²) in [7, 11) is 0. The molecule has 3 nitrogen and oxygen atoms in total. The van der Waals surface area contributed by atoms with Gasteiger partial charge in [0.1, 0.15) is 0 Å². The number of hydrogen-bond acceptors (Lipinski definition) is 2. The predicted octanol–water partition coefficient (Wildman–Crippen LogP) is 2.66. The van der Waals surface area contributed by atoms with Crippen LogP contribution >= 0.6 is 0 Å². The smallest absolute Gasteiger partial charge is 0.222 e. The number of carbonyl (C=O) groups excluding carboxylic acids is 1. The molecule has 1 fully saturated rings. The van der Waals surface area contributed by atoms with E-state index < -0.39 is 0 Å². The van der Waals surface area contributed by atoms with Gasteiger partial charge in [-0.25, -0.2) is 0 Å². The maximum atomic E-state index is 12.1. The van der Waals surface area contributed by atoms with Crippen LogP contribution in [-0.4, -0.2) is 36.5 Å². The van der Waals surface area contributed by atoms with E-state index in [9.17, 15) is 4.79 Å². The van der Waals surface area contributed by atoms with Gasteiger partial charge in [0, 0.05) is 25.6 Å². The molecule has 1 rings (SSSR count). The highest BCUT2D eigenvalue weighted by molar-refractivity contribution is 5.76. The van der Waals surface area contributed by atoms with E-state index in [0.717, 1.165) is 38.9 Å². The van der Waals surface area contributed by atoms with Crippen molar-refractivity contribution in [1.82, 2.24) is 10.2 Å². The highest BCUT2D eigenvalue weighted by Crippen LogP contribution is 2.34. The third-order valence-corrected chi connectivity index (χ3v) is 4.08. The summed E-state index contributed by atoms with van der Waals surface area (Å²) >= 11 is 0. The molecule has 2 unspecified atom stereocenters. The summed E-state index contributed by atoms with van der Waals surface area (Å²) in [5, 5.41) is 3.38. The van der Waals surface area contributed by atoms with Crippen LogP contribution in [0.25, 0.3) is 0 Å². The van der Waals surface area contributed by atoms with Gasteiger partial charge in [0.05, 0.1) is 0 Å². The molecule has 1 aliphatic heterocycles. The van der Waals surface area contributed by atoms with Crippen molar-refractivity contribution in [3.63, 3.8) is 0 Å². The summed E-state index contributed by atoms with van der Waals surface area (Å²) in [6.07, 6.45) is 2.92. The molecule has 0 bridgehead atoms. The van der Waals surface area contributed by atoms with Crippen molar-refractivity contribution in [2.75, 3.05) is 19.6 Å². The number of likely N-dealkylation sites (N-methyl/N-ethyl adjacent to an activating group) is 1. The number of amides is 1. The van der Waals surface area contributed by atoms with E-state index in [2.05, 4.69) is 44.8 Å². The Kier molecular flexibility index (Phi) is 5.64. The quantitative estimate of drug-likeness (QED) is 0.836. The zero-order valence-electron chi connectivity index (χ0n) is 12.8. The summed E-state index contributed by atoms with van der Waals surface area (Å²) in [6.45, 7) is 13.9. The molecule has 3 heteroatoms. The highest BCUT2D eigenvalue weighted by Gasteiger charge is 2.30. The lowest BCUT2D eigenvalue weighted by Crippen LogP contribution is -2.42. The molecule has 0 aromatic heterocycles. The molecule has 0 radical (unpaired) electrons. The SMILES string of the molecule is CCNC(C)CN1CCC(C(C)(C)C)CCC1=O. The van der Waals surface area contributed by atoms with Crippen LogP contribution in [-0.2, 0) is 4.79 Å². The Morgan fingerprint density at radius 1 is 1.39 bits per heavy atom. The van der Waals surface area contributed by atoms with Crippen LogP contribution in [0, 0.1) is 11.3 Å². The number of rotatable bonds is 4. The molecular weight excluding hydrogens is 224 g/mol. The summed E-state index contributed by atoms with van der Waals surface area (Å²) < 4.78 is 0. The fraction of sp³-hybridized carbons (Fsp3) is 0.933. The average molecular weight is 254 g/mol. The van der Waals surface area contributed by atoms with E-state index in [1.807, 2.05) is 0 Å². The minimum atomic E-state index is 0.323. The minimum absolute atomic E-state index is 0.323. The molecule has 106 valence electrons. The fourth-order valence-corrected chi connectivity index (χ4v) is 2.84. The predicted molar refractivity (Wildman–Crippen MR) is 76.5 cm³/mol. The van der Waals surface area contributed by atoms with Crippen LogP contribution in [0.3, 0.4) is 0 Å². The van der Waals surface area contributed by atoms with Gasteiger partial charge < -0.3 is 10.2 Å². The third kappa shape index (κ3) is 4.60. The van der Waals surface area contributed by atoms with Gasteiger partial charge in [-0.15, -0.1) is 0 Å². The van der Waals surface area contributed by atoms with Gasteiger partial charge in [0.15, 0.2) is 0 Å². The average Bonchev–Trinajstić information content (AvgIpc) is 2.41. The first kappa shape index (κ1) is 15.5. The topological polar surface area (TPSA) is 32.3 Å². The van der Waals surface area contributed by atoms with E-state index in [0.29, 0.717) is 23.3 Å². The van der Waals surface area contributed by atoms with Crippen molar-refractivity contribution in [1.29, 1.82) is 0 Å². The first-order valence-corrected chi connectivity index (χ1v) is 7.35. The fourth-order valence-electron chi connectivity index (χ4n) is 2.84. The molecule has 1 amide bonds. The first-order valence-electron chi connectivity index (χ1n) is 7.35. The number of nitrogens with one attached hydrogen (secondary N) is 1. The second kappa shape index (κ2) is 6.55. The molecule has 2 atom stereocenters. The number of nitrogens with zero attached hydrogens (tertiary/aromatic N) is 1. The minimum Gasteiger partial charge on any atom is -0.341 e. The van der Waals surface area contributed by atoms with E-state index in [1.54, 1.807) is 0 Å². The third-order valence-electron chi connectivity index (χ3n) is 4.08. The molecular formula is C15H30N2O. The summed E-state index contributed by atoms with van der Waals surface area (Å²) in [5.41, 5.74) is 0.323. The molecule has 1 saturated heterocycles. The Bertz CT molecular complexity index is 270. The Morgan fingerprint density at radius 2 is 2.06 bits per heavy atom. The molecule has 18 heavy (non-hydrogen) atoms. The van der Waals surface area contributed by atoms with Crippen molar-refractivity contribution in [2.45, 2.75) is 59.9 Å². The van der Waals surface area contributed by atoms with Crippen LogP contribution < -0.4 is 5.32 Å². The van der Waals surface area contributed by atoms with Crippen LogP contribution in [0.4, 0.5) is 0 Å². The summed E-state index contributed by atoms with van der Waals surface area (Å²) in [4.78, 5) is 14.2. The maximum absolute atomic E-state index is 12.1. The number of carbonyl (C=O) groups is 1. The second-order valence-electron chi connectivity index (χ2n) is 6.69. The lowest BCUT2D eigenvalue weighted by Gasteiger charge is -2.30. The molecule has 1 aliphatic rings. The van der Waals surface area contributed by atoms with Gasteiger partial charge in [-0.3, -0.25) is 4.79 Å². The largest absolute Gasteiger partial charge is 0.341 e. The van der Waals surface area contributed by atoms with Crippen molar-refractivity contribution >= 4 is 5.91 Å². The lowest BCUT2D eigenvalue weighted by molar-refractivity contribution is -0.131. The maximum Gasteiger partial charge on any atom is 0.222 e. The van der Waals surface area contributed by atoms with Crippen molar-refractivity contribution in [2.24, 2.45) is 11.3 Å². The van der Waals surface area contributed by atoms with Gasteiger partial charge in [-0.1, -0.05) is 27.7 Å². The standard InChI is InChI=1S/C15H30N2O/c1-6-16-12(2)11-17-10-9-13(15(3,4)5)7-8-14(17)18/h12-13,16H,6-11H2,1-5H3. The van der Waals surface area contributed by atoms with Crippen molar-refractivity contribution < 1.29 is 4.79 Å². The van der Waals surface area contributed by atoms with Crippen molar-refractivity contribution in [3.05, 3.63) is 0 Å². The van der Waals surface area contributed by atoms with E-state index >= 15 is 0 Å². The summed E-state index contributed by atoms with van der Waals surface area (Å²) in [5.74, 6) is 1.01. The molecule has 0 saturated carbocycles. The Labute approximate surface area is 112 Å². The van der Waals surface area contributed by atoms with Crippen LogP contribution in [0.1, 0.15) is 53.9 Å². The van der Waals surface area contributed by atoms with Gasteiger partial charge in [0.2, 0.25) is 5.91 Å². The van der Waals surface area contributed by atoms with Crippen LogP contribution in [0.15, 0.2) is 0 Å². The Morgan fingerprint density at radius 3 is 2.61 bits per heavy atom. The first-order chi connectivity index (χ1) is 8.34. The van der Waals surface area contributed by atoms with Gasteiger partial charge in [-0.2, -0.15) is 0 Å². The number of likely N-dealkylation sites (tertiary alicyclic amines) is 1.